The fourth-order valence-electron chi connectivity index (χ4n) is 6.72. The maximum absolute atomic E-state index is 12.3. The maximum Gasteiger partial charge on any atom is 0.573 e. The number of hydrogen-bond acceptors (Lipinski definition) is 18. The number of aromatic nitrogens is 12. The molecule has 0 spiro atoms. The van der Waals surface area contributed by atoms with Crippen molar-refractivity contribution in [3.63, 3.8) is 0 Å². The molecular weight excluding hydrogens is 970 g/mol. The van der Waals surface area contributed by atoms with E-state index < -0.39 is 12.7 Å². The second-order valence-corrected chi connectivity index (χ2v) is 15.6. The average Bonchev–Trinajstić information content (AvgIpc) is 4.18. The summed E-state index contributed by atoms with van der Waals surface area (Å²) < 4.78 is 106. The van der Waals surface area contributed by atoms with Crippen molar-refractivity contribution < 1.29 is 54.3 Å². The minimum atomic E-state index is -4.76. The van der Waals surface area contributed by atoms with Crippen LogP contribution in [0.25, 0.3) is 46.2 Å². The summed E-state index contributed by atoms with van der Waals surface area (Å²) in [5, 5.41) is 20.1. The second kappa shape index (κ2) is 22.5. The van der Waals surface area contributed by atoms with Crippen molar-refractivity contribution in [2.24, 2.45) is 0 Å². The van der Waals surface area contributed by atoms with Crippen LogP contribution >= 0.6 is 11.6 Å². The lowest BCUT2D eigenvalue weighted by Gasteiger charge is -2.28. The largest absolute Gasteiger partial charge is 0.573 e. The Morgan fingerprint density at radius 2 is 1.06 bits per heavy atom. The van der Waals surface area contributed by atoms with Crippen LogP contribution in [0.2, 0.25) is 5.15 Å². The van der Waals surface area contributed by atoms with Gasteiger partial charge < -0.3 is 38.2 Å². The molecule has 2 fully saturated rings. The van der Waals surface area contributed by atoms with Gasteiger partial charge in [-0.15, -0.1) is 36.5 Å². The van der Waals surface area contributed by atoms with Crippen molar-refractivity contribution >= 4 is 17.4 Å². The summed E-state index contributed by atoms with van der Waals surface area (Å²) >= 11 is 5.90. The summed E-state index contributed by atoms with van der Waals surface area (Å²) in [4.78, 5) is 27.8. The number of alkyl halides is 6. The third-order valence-corrected chi connectivity index (χ3v) is 10.3. The first-order valence-electron chi connectivity index (χ1n) is 21.5. The number of nitrogens with one attached hydrogen (secondary N) is 1. The topological polar surface area (TPSA) is 217 Å². The highest BCUT2D eigenvalue weighted by Crippen LogP contribution is 2.29. The van der Waals surface area contributed by atoms with Gasteiger partial charge in [-0.05, 0) is 97.8 Å². The Kier molecular flexibility index (Phi) is 15.8. The first-order chi connectivity index (χ1) is 34.1. The van der Waals surface area contributed by atoms with Gasteiger partial charge in [-0.25, -0.2) is 29.3 Å². The van der Waals surface area contributed by atoms with E-state index in [4.69, 9.17) is 30.1 Å². The fourth-order valence-corrected chi connectivity index (χ4v) is 6.92. The van der Waals surface area contributed by atoms with E-state index in [9.17, 15) is 26.3 Å². The Bertz CT molecular complexity index is 2960. The summed E-state index contributed by atoms with van der Waals surface area (Å²) in [6.07, 6.45) is -6.16. The lowest BCUT2D eigenvalue weighted by Crippen LogP contribution is -2.36. The van der Waals surface area contributed by atoms with Crippen molar-refractivity contribution in [3.05, 3.63) is 113 Å². The summed E-state index contributed by atoms with van der Waals surface area (Å²) in [7, 11) is 0. The number of hydrogen-bond donors (Lipinski definition) is 1. The Balaban J connectivity index is 0.000000172. The van der Waals surface area contributed by atoms with Crippen LogP contribution in [-0.4, -0.2) is 125 Å². The zero-order valence-corrected chi connectivity index (χ0v) is 38.3. The Morgan fingerprint density at radius 3 is 1.49 bits per heavy atom. The first kappa shape index (κ1) is 49.9. The molecule has 71 heavy (non-hydrogen) atoms. The van der Waals surface area contributed by atoms with Crippen LogP contribution in [0.4, 0.5) is 32.2 Å². The van der Waals surface area contributed by atoms with Crippen molar-refractivity contribution in [1.29, 1.82) is 0 Å². The highest BCUT2D eigenvalue weighted by molar-refractivity contribution is 6.29. The average molecular weight is 1010 g/mol. The molecule has 0 unspecified atom stereocenters. The molecule has 6 aromatic heterocycles. The zero-order valence-electron chi connectivity index (χ0n) is 37.6. The van der Waals surface area contributed by atoms with E-state index in [-0.39, 0.29) is 46.6 Å². The summed E-state index contributed by atoms with van der Waals surface area (Å²) in [5.41, 5.74) is 2.80. The second-order valence-electron chi connectivity index (χ2n) is 15.2. The van der Waals surface area contributed by atoms with Crippen molar-refractivity contribution in [2.75, 3.05) is 57.5 Å². The predicted molar refractivity (Wildman–Crippen MR) is 239 cm³/mol. The fraction of sp³-hybridized carbons (Fsp3) is 0.318. The zero-order chi connectivity index (χ0) is 50.0. The summed E-state index contributed by atoms with van der Waals surface area (Å²) in [5.74, 6) is 2.49. The SMILES string of the molecule is C1COCCN1.Cc1nc(-c2nc(-c3ccc(OC(F)(F)F)cc3)no2)nn1Cc1ccnc(Cl)c1.Cc1nc(-c2nc(-c3ccc(OC(F)(F)F)cc3)no2)nn1Cc1ccnc(N2CCOCC2)c1. The van der Waals surface area contributed by atoms with E-state index in [0.717, 1.165) is 68.5 Å². The van der Waals surface area contributed by atoms with Crippen LogP contribution < -0.4 is 19.7 Å². The molecule has 0 bridgehead atoms. The molecule has 8 aromatic rings. The van der Waals surface area contributed by atoms with Crippen LogP contribution in [0.15, 0.2) is 94.2 Å². The van der Waals surface area contributed by atoms with E-state index in [2.05, 4.69) is 70.1 Å². The van der Waals surface area contributed by atoms with Crippen LogP contribution in [0, 0.1) is 13.8 Å². The van der Waals surface area contributed by atoms with E-state index in [1.807, 2.05) is 25.1 Å². The number of ether oxygens (including phenoxy) is 4. The van der Waals surface area contributed by atoms with Crippen molar-refractivity contribution in [3.8, 4) is 57.7 Å². The van der Waals surface area contributed by atoms with Crippen molar-refractivity contribution in [2.45, 2.75) is 39.7 Å². The molecule has 0 radical (unpaired) electrons. The van der Waals surface area contributed by atoms with E-state index >= 15 is 0 Å². The minimum Gasteiger partial charge on any atom is -0.406 e. The maximum atomic E-state index is 12.3. The number of aryl methyl sites for hydroxylation is 2. The molecule has 0 atom stereocenters. The van der Waals surface area contributed by atoms with E-state index in [1.165, 1.54) is 36.4 Å². The van der Waals surface area contributed by atoms with Crippen LogP contribution in [0.5, 0.6) is 11.5 Å². The molecule has 10 rings (SSSR count). The van der Waals surface area contributed by atoms with E-state index in [1.54, 1.807) is 34.7 Å². The molecule has 0 aliphatic carbocycles. The van der Waals surface area contributed by atoms with Gasteiger partial charge in [0.1, 0.15) is 34.1 Å². The van der Waals surface area contributed by atoms with Gasteiger partial charge in [0.25, 0.3) is 11.8 Å². The number of anilines is 1. The number of pyridine rings is 2. The molecule has 8 heterocycles. The number of halogens is 7. The van der Waals surface area contributed by atoms with Gasteiger partial charge in [-0.1, -0.05) is 21.9 Å². The normalized spacial score (nSPS) is 14.0. The standard InChI is InChI=1S/C22H20F3N7O3.C18H12ClF3N6O2.C4H9NO/c1-14-27-20(21-28-19(30-35-21)16-2-4-17(5-3-16)34-22(23,24)25)29-32(14)13-15-6-7-26-18(12-15)31-8-10-33-11-9-31;1-10-24-16(26-28(10)9-11-6-7-23-14(19)8-11)17-25-15(27-30-17)12-2-4-13(5-3-12)29-18(20,21)22;1-3-6-4-2-5-1/h2-7,12H,8-11,13H2,1H3;2-8H,9H2,1H3;5H,1-4H2. The summed E-state index contributed by atoms with van der Waals surface area (Å²) in [6, 6.07) is 17.7. The van der Waals surface area contributed by atoms with Crippen LogP contribution in [0.1, 0.15) is 22.8 Å². The minimum absolute atomic E-state index is 0.0789. The van der Waals surface area contributed by atoms with Gasteiger partial charge >= 0.3 is 12.7 Å². The Morgan fingerprint density at radius 1 is 0.592 bits per heavy atom. The molecule has 2 aliphatic rings. The van der Waals surface area contributed by atoms with Crippen LogP contribution in [-0.2, 0) is 22.6 Å². The first-order valence-corrected chi connectivity index (χ1v) is 21.9. The third-order valence-electron chi connectivity index (χ3n) is 10.1. The van der Waals surface area contributed by atoms with Gasteiger partial charge in [-0.3, -0.25) is 0 Å². The molecular formula is C44H41ClF6N14O6. The number of benzene rings is 2. The molecule has 1 N–H and O–H groups in total. The number of rotatable bonds is 11. The Hall–Kier alpha value is -7.55. The lowest BCUT2D eigenvalue weighted by molar-refractivity contribution is -0.275. The predicted octanol–water partition coefficient (Wildman–Crippen LogP) is 7.39. The van der Waals surface area contributed by atoms with Gasteiger partial charge in [0.15, 0.2) is 0 Å². The highest BCUT2D eigenvalue weighted by Gasteiger charge is 2.32. The molecule has 2 saturated heterocycles. The molecule has 0 amide bonds. The summed E-state index contributed by atoms with van der Waals surface area (Å²) in [6.45, 7) is 11.3. The quantitative estimate of drug-likeness (QED) is 0.0987. The van der Waals surface area contributed by atoms with Crippen molar-refractivity contribution in [1.82, 2.24) is 65.1 Å². The molecule has 2 aliphatic heterocycles. The third kappa shape index (κ3) is 14.3. The number of morpholine rings is 2. The lowest BCUT2D eigenvalue weighted by atomic mass is 10.2. The monoisotopic (exact) mass is 1010 g/mol. The van der Waals surface area contributed by atoms with Gasteiger partial charge in [0.2, 0.25) is 23.3 Å². The number of nitrogens with zero attached hydrogens (tertiary/aromatic N) is 13. The van der Waals surface area contributed by atoms with Crippen LogP contribution in [0.3, 0.4) is 0 Å². The van der Waals surface area contributed by atoms with E-state index in [0.29, 0.717) is 54.2 Å². The smallest absolute Gasteiger partial charge is 0.406 e. The molecule has 0 saturated carbocycles. The van der Waals surface area contributed by atoms with Gasteiger partial charge in [0, 0.05) is 49.7 Å². The molecule has 20 nitrogen and oxygen atoms in total. The Labute approximate surface area is 403 Å². The molecule has 2 aromatic carbocycles. The molecule has 27 heteroatoms. The molecule has 372 valence electrons. The highest BCUT2D eigenvalue weighted by atomic mass is 35.5. The van der Waals surface area contributed by atoms with Gasteiger partial charge in [-0.2, -0.15) is 9.97 Å². The van der Waals surface area contributed by atoms with Gasteiger partial charge in [0.05, 0.1) is 39.5 Å².